The van der Waals surface area contributed by atoms with Crippen LogP contribution in [0.3, 0.4) is 0 Å². The van der Waals surface area contributed by atoms with Crippen molar-refractivity contribution >= 4 is 71.1 Å². The Labute approximate surface area is 378 Å². The van der Waals surface area contributed by atoms with Gasteiger partial charge in [0.25, 0.3) is 17.9 Å². The fourth-order valence-electron chi connectivity index (χ4n) is 8.62. The quantitative estimate of drug-likeness (QED) is 0.103. The van der Waals surface area contributed by atoms with Crippen LogP contribution in [0.15, 0.2) is 82.1 Å². The fourth-order valence-corrected chi connectivity index (χ4v) is 10.3. The summed E-state index contributed by atoms with van der Waals surface area (Å²) in [5.41, 5.74) is -1.71. The SMILES string of the molecule is COc1ccc(CCS(=O)(=O)Nc2nn(C)c3c(-n4c([C@H](Cc5cc(F)cc(F)c5)NC(=O)Cn5nc(C(F)F)c6c5C(F)(F)[C@@H]5C[C@H]65)nc5cc(Br)ccc5c4=O)ccc(Cl)c23)cc1. The predicted octanol–water partition coefficient (Wildman–Crippen LogP) is 8.40. The van der Waals surface area contributed by atoms with Gasteiger partial charge in [-0.05, 0) is 84.5 Å². The number of anilines is 1. The third-order valence-corrected chi connectivity index (χ3v) is 13.6. The molecule has 22 heteroatoms. The number of nitrogens with zero attached hydrogens (tertiary/aromatic N) is 6. The molecule has 0 unspecified atom stereocenters. The van der Waals surface area contributed by atoms with E-state index in [4.69, 9.17) is 21.3 Å². The summed E-state index contributed by atoms with van der Waals surface area (Å²) in [6.45, 7) is -0.976. The van der Waals surface area contributed by atoms with E-state index in [0.29, 0.717) is 26.5 Å². The second-order valence-electron chi connectivity index (χ2n) is 15.8. The molecular weight excluding hydrogens is 970 g/mol. The average Bonchev–Trinajstić information content (AvgIpc) is 3.78. The van der Waals surface area contributed by atoms with Gasteiger partial charge in [-0.1, -0.05) is 39.7 Å². The van der Waals surface area contributed by atoms with Crippen LogP contribution in [0.1, 0.15) is 58.7 Å². The summed E-state index contributed by atoms with van der Waals surface area (Å²) in [7, 11) is -1.11. The van der Waals surface area contributed by atoms with Gasteiger partial charge in [-0.25, -0.2) is 31.0 Å². The zero-order valence-corrected chi connectivity index (χ0v) is 37.1. The fraction of sp³-hybridized carbons (Fsp3) is 0.279. The van der Waals surface area contributed by atoms with Crippen molar-refractivity contribution in [3.8, 4) is 11.4 Å². The summed E-state index contributed by atoms with van der Waals surface area (Å²) in [6.07, 6.45) is -3.53. The second-order valence-corrected chi connectivity index (χ2v) is 19.0. The van der Waals surface area contributed by atoms with Crippen LogP contribution in [0.2, 0.25) is 5.02 Å². The highest BCUT2D eigenvalue weighted by Gasteiger charge is 2.67. The molecule has 0 aliphatic heterocycles. The molecule has 0 spiro atoms. The smallest absolute Gasteiger partial charge is 0.293 e. The van der Waals surface area contributed by atoms with Gasteiger partial charge in [0.2, 0.25) is 15.9 Å². The summed E-state index contributed by atoms with van der Waals surface area (Å²) in [4.78, 5) is 33.8. The summed E-state index contributed by atoms with van der Waals surface area (Å²) >= 11 is 10.1. The molecule has 3 aromatic heterocycles. The Kier molecular flexibility index (Phi) is 11.2. The van der Waals surface area contributed by atoms with Crippen LogP contribution in [0.25, 0.3) is 27.5 Å². The highest BCUT2D eigenvalue weighted by molar-refractivity contribution is 9.10. The monoisotopic (exact) mass is 1000 g/mol. The molecule has 0 saturated heterocycles. The third-order valence-electron chi connectivity index (χ3n) is 11.6. The molecule has 338 valence electrons. The highest BCUT2D eigenvalue weighted by atomic mass is 79.9. The van der Waals surface area contributed by atoms with E-state index in [1.165, 1.54) is 43.1 Å². The number of nitrogens with one attached hydrogen (secondary N) is 2. The van der Waals surface area contributed by atoms with Crippen molar-refractivity contribution in [2.24, 2.45) is 13.0 Å². The number of rotatable bonds is 14. The number of aromatic nitrogens is 6. The van der Waals surface area contributed by atoms with Gasteiger partial charge in [0.1, 0.15) is 41.1 Å². The van der Waals surface area contributed by atoms with E-state index in [1.54, 1.807) is 30.3 Å². The number of fused-ring (bicyclic) bond motifs is 5. The maximum Gasteiger partial charge on any atom is 0.293 e. The summed E-state index contributed by atoms with van der Waals surface area (Å²) in [6, 6.07) is 15.3. The van der Waals surface area contributed by atoms with Crippen LogP contribution in [-0.2, 0) is 47.2 Å². The molecule has 1 saturated carbocycles. The summed E-state index contributed by atoms with van der Waals surface area (Å²) < 4.78 is 127. The Morgan fingerprint density at radius 1 is 1.02 bits per heavy atom. The Hall–Kier alpha value is -5.93. The first kappa shape index (κ1) is 44.3. The lowest BCUT2D eigenvalue weighted by Gasteiger charge is -2.24. The number of aryl methyl sites for hydroxylation is 2. The summed E-state index contributed by atoms with van der Waals surface area (Å²) in [5.74, 6) is -8.74. The molecule has 2 N–H and O–H groups in total. The van der Waals surface area contributed by atoms with Gasteiger partial charge in [-0.2, -0.15) is 19.0 Å². The van der Waals surface area contributed by atoms with Crippen LogP contribution in [0.5, 0.6) is 5.75 Å². The maximum atomic E-state index is 15.5. The first-order chi connectivity index (χ1) is 30.8. The van der Waals surface area contributed by atoms with Gasteiger partial charge < -0.3 is 10.1 Å². The molecule has 0 radical (unpaired) electrons. The molecule has 9 rings (SSSR count). The van der Waals surface area contributed by atoms with E-state index in [0.717, 1.165) is 16.7 Å². The first-order valence-electron chi connectivity index (χ1n) is 19.9. The van der Waals surface area contributed by atoms with E-state index in [1.807, 2.05) is 0 Å². The second kappa shape index (κ2) is 16.5. The Balaban J connectivity index is 1.16. The zero-order valence-electron chi connectivity index (χ0n) is 33.9. The van der Waals surface area contributed by atoms with E-state index in [2.05, 4.69) is 36.2 Å². The normalized spacial score (nSPS) is 16.8. The number of hydrogen-bond acceptors (Lipinski definition) is 8. The van der Waals surface area contributed by atoms with E-state index < -0.39 is 87.7 Å². The summed E-state index contributed by atoms with van der Waals surface area (Å²) in [5, 5.41) is 11.0. The number of halogens is 8. The predicted molar refractivity (Wildman–Crippen MR) is 231 cm³/mol. The molecule has 1 fully saturated rings. The molecule has 0 bridgehead atoms. The maximum absolute atomic E-state index is 15.5. The van der Waals surface area contributed by atoms with Gasteiger partial charge in [0.05, 0.1) is 51.4 Å². The molecule has 2 aliphatic rings. The Morgan fingerprint density at radius 3 is 2.43 bits per heavy atom. The first-order valence-corrected chi connectivity index (χ1v) is 22.7. The van der Waals surface area contributed by atoms with Crippen LogP contribution >= 0.6 is 27.5 Å². The molecule has 7 aromatic rings. The number of carbonyl (C=O) groups is 1. The van der Waals surface area contributed by atoms with Gasteiger partial charge in [0.15, 0.2) is 5.82 Å². The lowest BCUT2D eigenvalue weighted by atomic mass is 10.0. The van der Waals surface area contributed by atoms with E-state index in [9.17, 15) is 35.6 Å². The van der Waals surface area contributed by atoms with Gasteiger partial charge >= 0.3 is 0 Å². The average molecular weight is 1000 g/mol. The molecule has 13 nitrogen and oxygen atoms in total. The largest absolute Gasteiger partial charge is 0.497 e. The van der Waals surface area contributed by atoms with Crippen LogP contribution in [0.4, 0.5) is 32.2 Å². The Morgan fingerprint density at radius 2 is 1.74 bits per heavy atom. The topological polar surface area (TPSA) is 155 Å². The van der Waals surface area contributed by atoms with Crippen molar-refractivity contribution < 1.29 is 44.3 Å². The molecular formula is C43H34BrClF6N8O5S. The number of alkyl halides is 4. The van der Waals surface area contributed by atoms with Crippen LogP contribution in [0, 0.1) is 17.6 Å². The molecule has 4 aromatic carbocycles. The number of methoxy groups -OCH3 is 1. The lowest BCUT2D eigenvalue weighted by Crippen LogP contribution is -2.38. The molecule has 3 heterocycles. The molecule has 2 aliphatic carbocycles. The van der Waals surface area contributed by atoms with Crippen LogP contribution < -0.4 is 20.3 Å². The van der Waals surface area contributed by atoms with Crippen molar-refractivity contribution in [1.29, 1.82) is 0 Å². The minimum atomic E-state index is -4.09. The van der Waals surface area contributed by atoms with Gasteiger partial charge in [0, 0.05) is 35.5 Å². The van der Waals surface area contributed by atoms with Crippen molar-refractivity contribution in [3.05, 3.63) is 138 Å². The number of benzene rings is 4. The Bertz CT molecular complexity index is 3240. The third kappa shape index (κ3) is 8.22. The minimum Gasteiger partial charge on any atom is -0.497 e. The number of hydrogen-bond donors (Lipinski definition) is 2. The van der Waals surface area contributed by atoms with Gasteiger partial charge in [-0.3, -0.25) is 28.2 Å². The van der Waals surface area contributed by atoms with E-state index >= 15 is 8.78 Å². The van der Waals surface area contributed by atoms with Gasteiger partial charge in [-0.15, -0.1) is 0 Å². The van der Waals surface area contributed by atoms with Crippen molar-refractivity contribution in [2.45, 2.75) is 50.1 Å². The van der Waals surface area contributed by atoms with Crippen molar-refractivity contribution in [2.75, 3.05) is 17.6 Å². The van der Waals surface area contributed by atoms with Crippen molar-refractivity contribution in [3.63, 3.8) is 0 Å². The molecule has 65 heavy (non-hydrogen) atoms. The number of ether oxygens (including phenoxy) is 1. The minimum absolute atomic E-state index is 0.00224. The number of carbonyl (C=O) groups excluding carboxylic acids is 1. The number of amides is 1. The highest BCUT2D eigenvalue weighted by Crippen LogP contribution is 2.68. The molecule has 3 atom stereocenters. The number of sulfonamides is 1. The van der Waals surface area contributed by atoms with E-state index in [-0.39, 0.29) is 73.9 Å². The molecule has 1 amide bonds. The van der Waals surface area contributed by atoms with Crippen molar-refractivity contribution in [1.82, 2.24) is 34.4 Å². The standard InChI is InChI=1S/C43H34BrClF6N8O5S/c1-57-37-32(10-9-29(45)35(37)40(55-57)56-65(62,63)12-11-20-3-6-25(64-2)7-4-20)59-41(53-30-16-22(44)5-8-26(30)42(59)61)31(15-21-13-23(46)17-24(47)14-21)52-33(60)19-58-38-34(36(54-58)39(48)49)27-18-28(27)43(38,50)51/h3-10,13-14,16-17,27-28,31,39H,11-12,15,18-19H2,1-2H3,(H,52,60)(H,55,56)/t27-,28+,31-/m0/s1. The van der Waals surface area contributed by atoms with Crippen LogP contribution in [-0.4, -0.2) is 56.3 Å². The lowest BCUT2D eigenvalue weighted by molar-refractivity contribution is -0.123. The zero-order chi connectivity index (χ0) is 46.3.